The molecule has 0 saturated carbocycles. The van der Waals surface area contributed by atoms with Gasteiger partial charge in [-0.15, -0.1) is 0 Å². The van der Waals surface area contributed by atoms with Gasteiger partial charge in [-0.1, -0.05) is 12.1 Å². The molecule has 4 aromatic rings. The number of benzene rings is 2. The maximum atomic E-state index is 13.2. The van der Waals surface area contributed by atoms with Gasteiger partial charge >= 0.3 is 0 Å². The average Bonchev–Trinajstić information content (AvgIpc) is 3.05. The number of aromatic nitrogens is 3. The summed E-state index contributed by atoms with van der Waals surface area (Å²) in [4.78, 5) is 15.3. The molecule has 0 atom stereocenters. The molecule has 0 aliphatic rings. The van der Waals surface area contributed by atoms with E-state index in [0.717, 1.165) is 5.56 Å². The Morgan fingerprint density at radius 2 is 1.48 bits per heavy atom. The minimum absolute atomic E-state index is 0.243. The number of carbonyl (C=O) groups excluding carboxylic acids is 1. The van der Waals surface area contributed by atoms with Crippen molar-refractivity contribution in [3.05, 3.63) is 78.1 Å². The number of aldehydes is 1. The second-order valence-corrected chi connectivity index (χ2v) is 5.51. The van der Waals surface area contributed by atoms with Crippen molar-refractivity contribution in [3.63, 3.8) is 0 Å². The van der Waals surface area contributed by atoms with E-state index < -0.39 is 0 Å². The lowest BCUT2D eigenvalue weighted by Gasteiger charge is -2.08. The van der Waals surface area contributed by atoms with Crippen molar-refractivity contribution < 1.29 is 13.6 Å². The third-order valence-electron chi connectivity index (χ3n) is 3.86. The van der Waals surface area contributed by atoms with Gasteiger partial charge in [0.05, 0.1) is 11.9 Å². The predicted octanol–water partition coefficient (Wildman–Crippen LogP) is 4.15. The van der Waals surface area contributed by atoms with E-state index in [4.69, 9.17) is 0 Å². The van der Waals surface area contributed by atoms with Gasteiger partial charge in [0, 0.05) is 11.1 Å². The van der Waals surface area contributed by atoms with Crippen LogP contribution in [0.25, 0.3) is 28.0 Å². The first-order valence-electron chi connectivity index (χ1n) is 7.51. The van der Waals surface area contributed by atoms with E-state index in [9.17, 15) is 13.6 Å². The Morgan fingerprint density at radius 3 is 2.08 bits per heavy atom. The molecule has 122 valence electrons. The molecule has 2 heterocycles. The molecule has 0 radical (unpaired) electrons. The molecule has 0 unspecified atom stereocenters. The summed E-state index contributed by atoms with van der Waals surface area (Å²) in [6.45, 7) is 0. The van der Waals surface area contributed by atoms with Crippen molar-refractivity contribution in [1.29, 1.82) is 0 Å². The Balaban J connectivity index is 1.98. The molecule has 0 fully saturated rings. The van der Waals surface area contributed by atoms with E-state index in [1.165, 1.54) is 35.0 Å². The predicted molar refractivity (Wildman–Crippen MR) is 89.2 cm³/mol. The summed E-state index contributed by atoms with van der Waals surface area (Å²) in [6.07, 6.45) is 2.16. The van der Waals surface area contributed by atoms with Crippen molar-refractivity contribution in [2.75, 3.05) is 0 Å². The Bertz CT molecular complexity index is 1070. The fourth-order valence-corrected chi connectivity index (χ4v) is 2.66. The minimum atomic E-state index is -0.343. The molecule has 4 rings (SSSR count). The minimum Gasteiger partial charge on any atom is -0.296 e. The molecule has 4 nitrogen and oxygen atoms in total. The van der Waals surface area contributed by atoms with E-state index >= 15 is 0 Å². The molecule has 25 heavy (non-hydrogen) atoms. The highest BCUT2D eigenvalue weighted by Crippen LogP contribution is 2.28. The van der Waals surface area contributed by atoms with Crippen molar-refractivity contribution >= 4 is 11.9 Å². The zero-order chi connectivity index (χ0) is 17.4. The van der Waals surface area contributed by atoms with Gasteiger partial charge in [0.15, 0.2) is 11.9 Å². The van der Waals surface area contributed by atoms with Crippen LogP contribution in [0.5, 0.6) is 0 Å². The van der Waals surface area contributed by atoms with Gasteiger partial charge in [-0.05, 0) is 48.0 Å². The number of imidazole rings is 1. The van der Waals surface area contributed by atoms with Gasteiger partial charge in [-0.2, -0.15) is 5.10 Å². The molecule has 0 aliphatic carbocycles. The number of hydrogen-bond donors (Lipinski definition) is 0. The summed E-state index contributed by atoms with van der Waals surface area (Å²) < 4.78 is 27.9. The molecule has 2 aromatic heterocycles. The van der Waals surface area contributed by atoms with Crippen molar-refractivity contribution in [3.8, 4) is 22.4 Å². The first kappa shape index (κ1) is 15.1. The molecule has 6 heteroatoms. The second-order valence-electron chi connectivity index (χ2n) is 5.51. The van der Waals surface area contributed by atoms with Crippen LogP contribution in [0.1, 0.15) is 10.5 Å². The lowest BCUT2D eigenvalue weighted by atomic mass is 10.0. The summed E-state index contributed by atoms with van der Waals surface area (Å²) >= 11 is 0. The summed E-state index contributed by atoms with van der Waals surface area (Å²) in [6, 6.07) is 13.7. The van der Waals surface area contributed by atoms with E-state index in [1.807, 2.05) is 0 Å². The molecular formula is C19H11F2N3O. The van der Waals surface area contributed by atoms with Crippen molar-refractivity contribution in [2.45, 2.75) is 0 Å². The fraction of sp³-hybridized carbons (Fsp3) is 0. The van der Waals surface area contributed by atoms with Crippen LogP contribution in [0.3, 0.4) is 0 Å². The maximum absolute atomic E-state index is 13.2. The number of carbonyl (C=O) groups is 1. The van der Waals surface area contributed by atoms with Crippen LogP contribution in [0.2, 0.25) is 0 Å². The normalized spacial score (nSPS) is 11.0. The Hall–Kier alpha value is -3.41. The highest BCUT2D eigenvalue weighted by Gasteiger charge is 2.13. The smallest absolute Gasteiger partial charge is 0.170 e. The maximum Gasteiger partial charge on any atom is 0.170 e. The van der Waals surface area contributed by atoms with Crippen LogP contribution in [0.15, 0.2) is 60.8 Å². The summed E-state index contributed by atoms with van der Waals surface area (Å²) in [7, 11) is 0. The monoisotopic (exact) mass is 335 g/mol. The zero-order valence-electron chi connectivity index (χ0n) is 12.9. The van der Waals surface area contributed by atoms with Crippen LogP contribution in [0, 0.1) is 11.6 Å². The number of fused-ring (bicyclic) bond motifs is 1. The Labute approximate surface area is 141 Å². The second kappa shape index (κ2) is 5.90. The van der Waals surface area contributed by atoms with Crippen LogP contribution in [-0.4, -0.2) is 20.9 Å². The molecular weight excluding hydrogens is 324 g/mol. The number of hydrogen-bond acceptors (Lipinski definition) is 3. The van der Waals surface area contributed by atoms with E-state index in [2.05, 4.69) is 10.1 Å². The van der Waals surface area contributed by atoms with Gasteiger partial charge in [0.2, 0.25) is 0 Å². The van der Waals surface area contributed by atoms with Gasteiger partial charge in [-0.3, -0.25) is 4.79 Å². The number of halogens is 2. The lowest BCUT2D eigenvalue weighted by Crippen LogP contribution is -1.97. The Kier molecular flexibility index (Phi) is 3.57. The summed E-state index contributed by atoms with van der Waals surface area (Å²) in [5.41, 5.74) is 3.46. The molecule has 0 aliphatic heterocycles. The summed E-state index contributed by atoms with van der Waals surface area (Å²) in [5, 5.41) is 4.45. The largest absolute Gasteiger partial charge is 0.296 e. The molecule has 0 bridgehead atoms. The van der Waals surface area contributed by atoms with E-state index in [0.29, 0.717) is 28.8 Å². The first-order valence-corrected chi connectivity index (χ1v) is 7.51. The molecule has 0 N–H and O–H groups in total. The quantitative estimate of drug-likeness (QED) is 0.528. The molecule has 0 amide bonds. The average molecular weight is 335 g/mol. The third kappa shape index (κ3) is 2.78. The lowest BCUT2D eigenvalue weighted by molar-refractivity contribution is 0.111. The van der Waals surface area contributed by atoms with E-state index in [1.54, 1.807) is 30.3 Å². The van der Waals surface area contributed by atoms with Gasteiger partial charge < -0.3 is 0 Å². The van der Waals surface area contributed by atoms with Crippen molar-refractivity contribution in [2.24, 2.45) is 0 Å². The topological polar surface area (TPSA) is 47.3 Å². The van der Waals surface area contributed by atoms with Crippen LogP contribution >= 0.6 is 0 Å². The third-order valence-corrected chi connectivity index (χ3v) is 3.86. The van der Waals surface area contributed by atoms with Gasteiger partial charge in [0.25, 0.3) is 0 Å². The molecule has 2 aromatic carbocycles. The summed E-state index contributed by atoms with van der Waals surface area (Å²) in [5.74, 6) is -0.682. The highest BCUT2D eigenvalue weighted by atomic mass is 19.1. The number of rotatable bonds is 3. The first-order chi connectivity index (χ1) is 12.1. The highest BCUT2D eigenvalue weighted by molar-refractivity contribution is 5.83. The zero-order valence-corrected chi connectivity index (χ0v) is 12.9. The van der Waals surface area contributed by atoms with Gasteiger partial charge in [-0.25, -0.2) is 18.3 Å². The van der Waals surface area contributed by atoms with Crippen LogP contribution in [0.4, 0.5) is 8.78 Å². The standard InChI is InChI=1S/C19H11F2N3O/c20-14-5-1-12(2-6-14)17-9-18(13-3-7-15(21)8-4-13)23-24-10-16(11-25)22-19(17)24/h1-11H. The van der Waals surface area contributed by atoms with Gasteiger partial charge in [0.1, 0.15) is 17.3 Å². The SMILES string of the molecule is O=Cc1cn2nc(-c3ccc(F)cc3)cc(-c3ccc(F)cc3)c2n1. The fourth-order valence-electron chi connectivity index (χ4n) is 2.66. The van der Waals surface area contributed by atoms with Crippen molar-refractivity contribution in [1.82, 2.24) is 14.6 Å². The number of nitrogens with zero attached hydrogens (tertiary/aromatic N) is 3. The Morgan fingerprint density at radius 1 is 0.880 bits per heavy atom. The van der Waals surface area contributed by atoms with E-state index in [-0.39, 0.29) is 17.3 Å². The van der Waals surface area contributed by atoms with Crippen LogP contribution < -0.4 is 0 Å². The molecule has 0 spiro atoms. The van der Waals surface area contributed by atoms with Crippen LogP contribution in [-0.2, 0) is 0 Å². The molecule has 0 saturated heterocycles.